The predicted molar refractivity (Wildman–Crippen MR) is 63.4 cm³/mol. The van der Waals surface area contributed by atoms with E-state index in [-0.39, 0.29) is 5.54 Å². The maximum absolute atomic E-state index is 4.15. The summed E-state index contributed by atoms with van der Waals surface area (Å²) in [4.78, 5) is 8.24. The standard InChI is InChI=1S/C11H13BrN2/c1-11(2,3)14-8-13-10-6-4-9(12)5-7-10/h4-7H,1-3H3. The van der Waals surface area contributed by atoms with Gasteiger partial charge in [0.2, 0.25) is 0 Å². The van der Waals surface area contributed by atoms with Gasteiger partial charge >= 0.3 is 0 Å². The van der Waals surface area contributed by atoms with Crippen LogP contribution in [0.3, 0.4) is 0 Å². The third-order valence-corrected chi connectivity index (χ3v) is 1.92. The second-order valence-corrected chi connectivity index (χ2v) is 4.89. The Kier molecular flexibility index (Phi) is 3.62. The number of nitrogens with zero attached hydrogens (tertiary/aromatic N) is 2. The van der Waals surface area contributed by atoms with Crippen LogP contribution in [0.25, 0.3) is 0 Å². The Morgan fingerprint density at radius 2 is 1.71 bits per heavy atom. The van der Waals surface area contributed by atoms with Crippen molar-refractivity contribution in [2.45, 2.75) is 26.3 Å². The van der Waals surface area contributed by atoms with E-state index in [0.29, 0.717) is 0 Å². The van der Waals surface area contributed by atoms with Gasteiger partial charge in [0.1, 0.15) is 0 Å². The minimum atomic E-state index is -0.112. The molecule has 1 rings (SSSR count). The van der Waals surface area contributed by atoms with Crippen LogP contribution in [0, 0.1) is 0 Å². The van der Waals surface area contributed by atoms with E-state index in [9.17, 15) is 0 Å². The van der Waals surface area contributed by atoms with Crippen LogP contribution in [-0.4, -0.2) is 11.5 Å². The molecule has 1 aromatic carbocycles. The molecule has 0 amide bonds. The van der Waals surface area contributed by atoms with Gasteiger partial charge in [0, 0.05) is 4.47 Å². The lowest BCUT2D eigenvalue weighted by atomic mass is 10.1. The highest BCUT2D eigenvalue weighted by Gasteiger charge is 2.03. The molecule has 0 atom stereocenters. The molecule has 0 saturated carbocycles. The molecular weight excluding hydrogens is 240 g/mol. The summed E-state index contributed by atoms with van der Waals surface area (Å²) in [5.74, 6) is 0. The van der Waals surface area contributed by atoms with E-state index < -0.39 is 0 Å². The number of hydrogen-bond donors (Lipinski definition) is 0. The molecule has 0 aliphatic rings. The summed E-state index contributed by atoms with van der Waals surface area (Å²) in [7, 11) is 0. The Morgan fingerprint density at radius 1 is 1.14 bits per heavy atom. The third kappa shape index (κ3) is 4.35. The highest BCUT2D eigenvalue weighted by molar-refractivity contribution is 9.10. The fraction of sp³-hybridized carbons (Fsp3) is 0.364. The lowest BCUT2D eigenvalue weighted by Gasteiger charge is -2.06. The van der Waals surface area contributed by atoms with Gasteiger partial charge in [-0.15, -0.1) is 0 Å². The minimum absolute atomic E-state index is 0.112. The zero-order valence-electron chi connectivity index (χ0n) is 8.58. The van der Waals surface area contributed by atoms with Crippen molar-refractivity contribution < 1.29 is 0 Å². The van der Waals surface area contributed by atoms with Gasteiger partial charge in [-0.25, -0.2) is 4.99 Å². The zero-order valence-corrected chi connectivity index (χ0v) is 10.2. The van der Waals surface area contributed by atoms with Crippen LogP contribution < -0.4 is 0 Å². The highest BCUT2D eigenvalue weighted by atomic mass is 79.9. The number of halogens is 1. The summed E-state index contributed by atoms with van der Waals surface area (Å²) >= 11 is 3.36. The number of hydrogen-bond acceptors (Lipinski definition) is 2. The molecular formula is C11H13BrN2. The van der Waals surface area contributed by atoms with E-state index in [0.717, 1.165) is 10.2 Å². The van der Waals surface area contributed by atoms with Crippen LogP contribution in [0.2, 0.25) is 0 Å². The van der Waals surface area contributed by atoms with Crippen LogP contribution >= 0.6 is 15.9 Å². The Labute approximate surface area is 92.9 Å². The van der Waals surface area contributed by atoms with Crippen LogP contribution in [0.5, 0.6) is 0 Å². The van der Waals surface area contributed by atoms with Crippen LogP contribution in [0.15, 0.2) is 38.7 Å². The normalized spacial score (nSPS) is 10.6. The van der Waals surface area contributed by atoms with Gasteiger partial charge in [-0.3, -0.25) is 0 Å². The number of rotatable bonds is 1. The molecule has 0 N–H and O–H groups in total. The van der Waals surface area contributed by atoms with E-state index in [1.54, 1.807) is 0 Å². The molecule has 0 unspecified atom stereocenters. The molecule has 0 radical (unpaired) electrons. The van der Waals surface area contributed by atoms with Crippen molar-refractivity contribution in [2.24, 2.45) is 9.98 Å². The molecule has 3 heteroatoms. The van der Waals surface area contributed by atoms with Crippen LogP contribution in [0.4, 0.5) is 5.69 Å². The van der Waals surface area contributed by atoms with Gasteiger partial charge in [0.15, 0.2) is 0 Å². The Morgan fingerprint density at radius 3 is 2.21 bits per heavy atom. The fourth-order valence-electron chi connectivity index (χ4n) is 0.748. The third-order valence-electron chi connectivity index (χ3n) is 1.39. The smallest absolute Gasteiger partial charge is 0.0954 e. The average Bonchev–Trinajstić information content (AvgIpc) is 2.06. The average molecular weight is 253 g/mol. The molecule has 14 heavy (non-hydrogen) atoms. The van der Waals surface area contributed by atoms with Gasteiger partial charge < -0.3 is 0 Å². The predicted octanol–water partition coefficient (Wildman–Crippen LogP) is 4.05. The molecule has 0 spiro atoms. The molecule has 0 fully saturated rings. The number of benzene rings is 1. The second-order valence-electron chi connectivity index (χ2n) is 3.97. The first-order valence-corrected chi connectivity index (χ1v) is 5.20. The monoisotopic (exact) mass is 252 g/mol. The summed E-state index contributed by atoms with van der Waals surface area (Å²) in [6.45, 7) is 6.03. The van der Waals surface area contributed by atoms with Gasteiger partial charge in [0.25, 0.3) is 0 Å². The molecule has 1 aromatic rings. The Hall–Kier alpha value is -0.920. The molecule has 0 aliphatic carbocycles. The van der Waals surface area contributed by atoms with Crippen molar-refractivity contribution in [3.05, 3.63) is 28.7 Å². The summed E-state index contributed by atoms with van der Waals surface area (Å²) in [5, 5.41) is 0. The van der Waals surface area contributed by atoms with Gasteiger partial charge in [-0.05, 0) is 45.0 Å². The Bertz CT molecular complexity index is 354. The largest absolute Gasteiger partial charge is 0.219 e. The SMILES string of the molecule is CC(C)(C)N=C=Nc1ccc(Br)cc1. The highest BCUT2D eigenvalue weighted by Crippen LogP contribution is 2.16. The van der Waals surface area contributed by atoms with Gasteiger partial charge in [0.05, 0.1) is 17.2 Å². The van der Waals surface area contributed by atoms with Crippen molar-refractivity contribution in [2.75, 3.05) is 0 Å². The van der Waals surface area contributed by atoms with Crippen LogP contribution in [0.1, 0.15) is 20.8 Å². The first-order valence-electron chi connectivity index (χ1n) is 4.40. The van der Waals surface area contributed by atoms with E-state index in [1.165, 1.54) is 0 Å². The van der Waals surface area contributed by atoms with Crippen molar-refractivity contribution in [3.63, 3.8) is 0 Å². The lowest BCUT2D eigenvalue weighted by molar-refractivity contribution is 0.587. The summed E-state index contributed by atoms with van der Waals surface area (Å²) in [6.07, 6.45) is 0. The molecule has 2 nitrogen and oxygen atoms in total. The maximum Gasteiger partial charge on any atom is 0.0954 e. The van der Waals surface area contributed by atoms with E-state index in [1.807, 2.05) is 45.0 Å². The molecule has 74 valence electrons. The lowest BCUT2D eigenvalue weighted by Crippen LogP contribution is -2.07. The minimum Gasteiger partial charge on any atom is -0.219 e. The summed E-state index contributed by atoms with van der Waals surface area (Å²) < 4.78 is 1.05. The summed E-state index contributed by atoms with van der Waals surface area (Å²) in [6, 6.07) is 10.4. The van der Waals surface area contributed by atoms with Crippen molar-refractivity contribution in [1.82, 2.24) is 0 Å². The maximum atomic E-state index is 4.15. The molecule has 0 aliphatic heterocycles. The Balaban J connectivity index is 2.79. The first-order chi connectivity index (χ1) is 6.47. The van der Waals surface area contributed by atoms with E-state index >= 15 is 0 Å². The van der Waals surface area contributed by atoms with Crippen LogP contribution in [-0.2, 0) is 0 Å². The van der Waals surface area contributed by atoms with E-state index in [4.69, 9.17) is 0 Å². The number of aliphatic imine (C=N–C) groups is 2. The summed E-state index contributed by atoms with van der Waals surface area (Å²) in [5.41, 5.74) is 0.750. The molecule has 0 aromatic heterocycles. The van der Waals surface area contributed by atoms with E-state index in [2.05, 4.69) is 31.9 Å². The second kappa shape index (κ2) is 4.54. The molecule has 0 bridgehead atoms. The van der Waals surface area contributed by atoms with Gasteiger partial charge in [-0.2, -0.15) is 4.99 Å². The molecule has 0 saturated heterocycles. The van der Waals surface area contributed by atoms with Crippen molar-refractivity contribution >= 4 is 27.6 Å². The van der Waals surface area contributed by atoms with Crippen molar-refractivity contribution in [3.8, 4) is 0 Å². The topological polar surface area (TPSA) is 24.7 Å². The molecule has 0 heterocycles. The zero-order chi connectivity index (χ0) is 10.6. The quantitative estimate of drug-likeness (QED) is 0.674. The fourth-order valence-corrected chi connectivity index (χ4v) is 1.01. The van der Waals surface area contributed by atoms with Crippen molar-refractivity contribution in [1.29, 1.82) is 0 Å². The first kappa shape index (κ1) is 11.2. The van der Waals surface area contributed by atoms with Gasteiger partial charge in [-0.1, -0.05) is 15.9 Å².